The van der Waals surface area contributed by atoms with Crippen LogP contribution in [0.2, 0.25) is 0 Å². The molecule has 0 spiro atoms. The number of nitrogens with one attached hydrogen (secondary N) is 2. The SMILES string of the molecule is CC(C)=CCCC(C)=CCCC(C)=CCSCC(Nc1cc(F)ccn1)c1nc2ccccc2[nH]1. The number of hydrogen-bond donors (Lipinski definition) is 2. The van der Waals surface area contributed by atoms with Crippen LogP contribution in [-0.4, -0.2) is 26.5 Å². The molecule has 6 heteroatoms. The summed E-state index contributed by atoms with van der Waals surface area (Å²) in [5, 5.41) is 3.36. The summed E-state index contributed by atoms with van der Waals surface area (Å²) in [7, 11) is 0. The number of aromatic nitrogens is 3. The summed E-state index contributed by atoms with van der Waals surface area (Å²) in [4.78, 5) is 12.4. The van der Waals surface area contributed by atoms with Crippen molar-refractivity contribution in [2.75, 3.05) is 16.8 Å². The molecule has 2 N–H and O–H groups in total. The predicted octanol–water partition coefficient (Wildman–Crippen LogP) is 8.40. The number of thioether (sulfide) groups is 1. The number of pyridine rings is 1. The average Bonchev–Trinajstić information content (AvgIpc) is 3.25. The van der Waals surface area contributed by atoms with Crippen molar-refractivity contribution >= 4 is 28.6 Å². The number of aromatic amines is 1. The van der Waals surface area contributed by atoms with Crippen molar-refractivity contribution in [2.24, 2.45) is 0 Å². The van der Waals surface area contributed by atoms with Gasteiger partial charge in [0.05, 0.1) is 17.1 Å². The zero-order valence-corrected chi connectivity index (χ0v) is 22.1. The molecule has 0 saturated heterocycles. The Balaban J connectivity index is 1.54. The molecule has 0 bridgehead atoms. The second-order valence-electron chi connectivity index (χ2n) is 9.19. The fraction of sp³-hybridized carbons (Fsp3) is 0.379. The molecule has 35 heavy (non-hydrogen) atoms. The Morgan fingerprint density at radius 3 is 2.51 bits per heavy atom. The van der Waals surface area contributed by atoms with E-state index in [9.17, 15) is 4.39 Å². The summed E-state index contributed by atoms with van der Waals surface area (Å²) < 4.78 is 13.7. The molecule has 0 aliphatic heterocycles. The van der Waals surface area contributed by atoms with Gasteiger partial charge < -0.3 is 10.3 Å². The second kappa shape index (κ2) is 13.9. The van der Waals surface area contributed by atoms with Crippen LogP contribution in [-0.2, 0) is 0 Å². The maximum atomic E-state index is 13.7. The van der Waals surface area contributed by atoms with Gasteiger partial charge in [-0.2, -0.15) is 11.8 Å². The van der Waals surface area contributed by atoms with Crippen LogP contribution in [0.4, 0.5) is 10.2 Å². The van der Waals surface area contributed by atoms with Crippen LogP contribution in [0.15, 0.2) is 77.5 Å². The maximum absolute atomic E-state index is 13.7. The molecule has 3 rings (SSSR count). The Morgan fingerprint density at radius 1 is 1.03 bits per heavy atom. The topological polar surface area (TPSA) is 53.6 Å². The van der Waals surface area contributed by atoms with E-state index < -0.39 is 0 Å². The number of benzene rings is 1. The van der Waals surface area contributed by atoms with Crippen LogP contribution in [0, 0.1) is 5.82 Å². The number of para-hydroxylation sites is 2. The summed E-state index contributed by atoms with van der Waals surface area (Å²) >= 11 is 1.83. The lowest BCUT2D eigenvalue weighted by atomic mass is 10.1. The van der Waals surface area contributed by atoms with Gasteiger partial charge in [-0.1, -0.05) is 47.1 Å². The van der Waals surface area contributed by atoms with Crippen LogP contribution < -0.4 is 5.32 Å². The van der Waals surface area contributed by atoms with Gasteiger partial charge in [-0.25, -0.2) is 14.4 Å². The van der Waals surface area contributed by atoms with E-state index in [0.29, 0.717) is 5.82 Å². The Hall–Kier alpha value is -2.86. The molecule has 1 aromatic carbocycles. The minimum Gasteiger partial charge on any atom is -0.359 e. The molecule has 0 radical (unpaired) electrons. The third-order valence-corrected chi connectivity index (χ3v) is 6.71. The van der Waals surface area contributed by atoms with Crippen molar-refractivity contribution in [2.45, 2.75) is 59.4 Å². The Bertz CT molecular complexity index is 1140. The van der Waals surface area contributed by atoms with Crippen LogP contribution in [0.25, 0.3) is 11.0 Å². The highest BCUT2D eigenvalue weighted by Crippen LogP contribution is 2.24. The summed E-state index contributed by atoms with van der Waals surface area (Å²) in [6.07, 6.45) is 12.9. The van der Waals surface area contributed by atoms with Gasteiger partial charge in [0.25, 0.3) is 0 Å². The lowest BCUT2D eigenvalue weighted by molar-refractivity contribution is 0.625. The predicted molar refractivity (Wildman–Crippen MR) is 149 cm³/mol. The summed E-state index contributed by atoms with van der Waals surface area (Å²) in [6.45, 7) is 8.74. The molecule has 2 heterocycles. The molecule has 0 amide bonds. The fourth-order valence-corrected chi connectivity index (χ4v) is 4.73. The van der Waals surface area contributed by atoms with Crippen molar-refractivity contribution in [3.05, 3.63) is 89.2 Å². The second-order valence-corrected chi connectivity index (χ2v) is 10.3. The van der Waals surface area contributed by atoms with Gasteiger partial charge in [0.2, 0.25) is 0 Å². The number of H-pyrrole nitrogens is 1. The van der Waals surface area contributed by atoms with Crippen LogP contribution >= 0.6 is 11.8 Å². The minimum absolute atomic E-state index is 0.109. The first-order valence-electron chi connectivity index (χ1n) is 12.3. The van der Waals surface area contributed by atoms with Crippen LogP contribution in [0.3, 0.4) is 0 Å². The van der Waals surface area contributed by atoms with Crippen molar-refractivity contribution in [3.8, 4) is 0 Å². The van der Waals surface area contributed by atoms with Crippen LogP contribution in [0.1, 0.15) is 65.2 Å². The van der Waals surface area contributed by atoms with E-state index in [4.69, 9.17) is 4.98 Å². The average molecular weight is 493 g/mol. The number of hydrogen-bond acceptors (Lipinski definition) is 4. The molecule has 0 aliphatic rings. The molecule has 0 saturated carbocycles. The highest BCUT2D eigenvalue weighted by atomic mass is 32.2. The fourth-order valence-electron chi connectivity index (χ4n) is 3.71. The number of imidazole rings is 1. The van der Waals surface area contributed by atoms with Crippen molar-refractivity contribution < 1.29 is 4.39 Å². The summed E-state index contributed by atoms with van der Waals surface area (Å²) in [5.41, 5.74) is 6.18. The number of halogens is 1. The van der Waals surface area contributed by atoms with Crippen molar-refractivity contribution in [3.63, 3.8) is 0 Å². The first kappa shape index (κ1) is 26.7. The molecular weight excluding hydrogens is 455 g/mol. The third kappa shape index (κ3) is 9.36. The van der Waals surface area contributed by atoms with E-state index in [0.717, 1.165) is 54.0 Å². The third-order valence-electron chi connectivity index (χ3n) is 5.74. The van der Waals surface area contributed by atoms with Gasteiger partial charge in [0.1, 0.15) is 17.5 Å². The zero-order valence-electron chi connectivity index (χ0n) is 21.3. The monoisotopic (exact) mass is 492 g/mol. The van der Waals surface area contributed by atoms with Crippen molar-refractivity contribution in [1.82, 2.24) is 15.0 Å². The van der Waals surface area contributed by atoms with Crippen LogP contribution in [0.5, 0.6) is 0 Å². The first-order valence-corrected chi connectivity index (χ1v) is 13.4. The highest BCUT2D eigenvalue weighted by Gasteiger charge is 2.17. The molecule has 4 nitrogen and oxygen atoms in total. The zero-order chi connectivity index (χ0) is 25.0. The minimum atomic E-state index is -0.307. The summed E-state index contributed by atoms with van der Waals surface area (Å²) in [5.74, 6) is 2.74. The van der Waals surface area contributed by atoms with E-state index in [1.165, 1.54) is 35.0 Å². The lowest BCUT2D eigenvalue weighted by Crippen LogP contribution is -2.16. The number of rotatable bonds is 13. The lowest BCUT2D eigenvalue weighted by Gasteiger charge is -2.17. The van der Waals surface area contributed by atoms with E-state index in [-0.39, 0.29) is 11.9 Å². The Morgan fingerprint density at radius 2 is 1.77 bits per heavy atom. The molecule has 1 atom stereocenters. The van der Waals surface area contributed by atoms with Gasteiger partial charge in [-0.15, -0.1) is 0 Å². The normalized spacial score (nSPS) is 13.2. The molecule has 2 aromatic heterocycles. The Labute approximate surface area is 213 Å². The number of nitrogens with zero attached hydrogens (tertiary/aromatic N) is 2. The Kier molecular flexibility index (Phi) is 10.6. The highest BCUT2D eigenvalue weighted by molar-refractivity contribution is 7.99. The molecule has 1 unspecified atom stereocenters. The number of fused-ring (bicyclic) bond motifs is 1. The summed E-state index contributed by atoms with van der Waals surface area (Å²) in [6, 6.07) is 10.6. The van der Waals surface area contributed by atoms with Gasteiger partial charge in [0.15, 0.2) is 0 Å². The van der Waals surface area contributed by atoms with Gasteiger partial charge in [0, 0.05) is 23.8 Å². The van der Waals surface area contributed by atoms with Crippen molar-refractivity contribution in [1.29, 1.82) is 0 Å². The van der Waals surface area contributed by atoms with Gasteiger partial charge in [-0.05, 0) is 71.6 Å². The van der Waals surface area contributed by atoms with Gasteiger partial charge >= 0.3 is 0 Å². The number of anilines is 1. The van der Waals surface area contributed by atoms with E-state index >= 15 is 0 Å². The first-order chi connectivity index (χ1) is 16.9. The standard InChI is InChI=1S/C29H37FN4S/c1-21(2)9-7-10-22(3)11-8-12-23(4)16-18-35-20-27(32-28-19-24(30)15-17-31-28)29-33-25-13-5-6-14-26(25)34-29/h5-6,9,11,13-17,19,27H,7-8,10,12,18,20H2,1-4H3,(H,31,32)(H,33,34). The molecule has 3 aromatic rings. The maximum Gasteiger partial charge on any atom is 0.130 e. The van der Waals surface area contributed by atoms with E-state index in [1.807, 2.05) is 36.0 Å². The molecule has 0 fully saturated rings. The molecular formula is C29H37FN4S. The number of allylic oxidation sites excluding steroid dienone is 5. The quantitative estimate of drug-likeness (QED) is 0.186. The van der Waals surface area contributed by atoms with E-state index in [1.54, 1.807) is 0 Å². The van der Waals surface area contributed by atoms with Gasteiger partial charge in [-0.3, -0.25) is 0 Å². The molecule has 0 aliphatic carbocycles. The smallest absolute Gasteiger partial charge is 0.130 e. The van der Waals surface area contributed by atoms with E-state index in [2.05, 4.69) is 61.2 Å². The molecule has 186 valence electrons. The largest absolute Gasteiger partial charge is 0.359 e.